The number of carbonyl (C=O) groups excluding carboxylic acids is 1. The number of ether oxygens (including phenoxy) is 1. The smallest absolute Gasteiger partial charge is 0.340 e. The van der Waals surface area contributed by atoms with Crippen molar-refractivity contribution in [2.24, 2.45) is 0 Å². The van der Waals surface area contributed by atoms with Crippen molar-refractivity contribution in [1.29, 1.82) is 0 Å². The lowest BCUT2D eigenvalue weighted by Crippen LogP contribution is -2.30. The lowest BCUT2D eigenvalue weighted by Gasteiger charge is -2.27. The van der Waals surface area contributed by atoms with E-state index in [9.17, 15) is 4.79 Å². The quantitative estimate of drug-likeness (QED) is 0.793. The zero-order chi connectivity index (χ0) is 14.5. The van der Waals surface area contributed by atoms with Crippen LogP contribution >= 0.6 is 0 Å². The normalized spacial score (nSPS) is 16.1. The van der Waals surface area contributed by atoms with Gasteiger partial charge in [0.05, 0.1) is 17.9 Å². The van der Waals surface area contributed by atoms with E-state index in [2.05, 4.69) is 9.88 Å². The van der Waals surface area contributed by atoms with Gasteiger partial charge >= 0.3 is 5.97 Å². The van der Waals surface area contributed by atoms with Crippen LogP contribution in [0.4, 0.5) is 0 Å². The fourth-order valence-corrected chi connectivity index (χ4v) is 2.87. The van der Waals surface area contributed by atoms with E-state index in [1.54, 1.807) is 0 Å². The summed E-state index contributed by atoms with van der Waals surface area (Å²) in [6, 6.07) is 2.02. The number of aryl methyl sites for hydroxylation is 2. The van der Waals surface area contributed by atoms with Crippen molar-refractivity contribution in [2.75, 3.05) is 19.7 Å². The molecule has 0 N–H and O–H groups in total. The highest BCUT2D eigenvalue weighted by molar-refractivity contribution is 5.92. The first-order valence-corrected chi connectivity index (χ1v) is 7.48. The molecule has 110 valence electrons. The van der Waals surface area contributed by atoms with Gasteiger partial charge in [0.15, 0.2) is 0 Å². The van der Waals surface area contributed by atoms with Gasteiger partial charge in [-0.3, -0.25) is 9.88 Å². The molecule has 1 aliphatic rings. The van der Waals surface area contributed by atoms with Crippen LogP contribution in [-0.4, -0.2) is 35.5 Å². The molecule has 0 atom stereocenters. The zero-order valence-corrected chi connectivity index (χ0v) is 12.7. The Balaban J connectivity index is 2.26. The third-order valence-corrected chi connectivity index (χ3v) is 3.73. The van der Waals surface area contributed by atoms with Crippen molar-refractivity contribution in [1.82, 2.24) is 9.88 Å². The van der Waals surface area contributed by atoms with Crippen LogP contribution in [0.1, 0.15) is 53.5 Å². The van der Waals surface area contributed by atoms with Gasteiger partial charge < -0.3 is 4.74 Å². The summed E-state index contributed by atoms with van der Waals surface area (Å²) in [6.07, 6.45) is 3.81. The Morgan fingerprint density at radius 2 is 2.00 bits per heavy atom. The number of likely N-dealkylation sites (tertiary alicyclic amines) is 1. The number of aromatic nitrogens is 1. The van der Waals surface area contributed by atoms with E-state index in [-0.39, 0.29) is 5.97 Å². The fourth-order valence-electron chi connectivity index (χ4n) is 2.87. The molecule has 0 spiro atoms. The number of esters is 1. The molecule has 1 aromatic heterocycles. The maximum absolute atomic E-state index is 12.2. The highest BCUT2D eigenvalue weighted by atomic mass is 16.5. The van der Waals surface area contributed by atoms with Gasteiger partial charge in [0, 0.05) is 12.2 Å². The van der Waals surface area contributed by atoms with Crippen LogP contribution in [0.25, 0.3) is 0 Å². The predicted octanol–water partition coefficient (Wildman–Crippen LogP) is 2.86. The van der Waals surface area contributed by atoms with E-state index in [1.165, 1.54) is 19.3 Å². The van der Waals surface area contributed by atoms with Gasteiger partial charge in [-0.15, -0.1) is 0 Å². The van der Waals surface area contributed by atoms with Crippen molar-refractivity contribution in [3.63, 3.8) is 0 Å². The molecule has 1 aliphatic heterocycles. The Hall–Kier alpha value is -1.42. The van der Waals surface area contributed by atoms with Gasteiger partial charge in [0.25, 0.3) is 0 Å². The molecule has 0 saturated carbocycles. The van der Waals surface area contributed by atoms with Crippen LogP contribution in [0, 0.1) is 13.8 Å². The molecular weight excluding hydrogens is 252 g/mol. The Morgan fingerprint density at radius 3 is 2.65 bits per heavy atom. The molecule has 1 aromatic rings. The second kappa shape index (κ2) is 6.84. The summed E-state index contributed by atoms with van der Waals surface area (Å²) in [5, 5.41) is 0. The first-order chi connectivity index (χ1) is 9.61. The molecule has 2 heterocycles. The lowest BCUT2D eigenvalue weighted by atomic mass is 10.0. The molecule has 0 amide bonds. The summed E-state index contributed by atoms with van der Waals surface area (Å²) in [7, 11) is 0. The topological polar surface area (TPSA) is 42.4 Å². The minimum absolute atomic E-state index is 0.246. The molecule has 0 radical (unpaired) electrons. The van der Waals surface area contributed by atoms with Gasteiger partial charge in [0.2, 0.25) is 0 Å². The van der Waals surface area contributed by atoms with E-state index < -0.39 is 0 Å². The van der Waals surface area contributed by atoms with Gasteiger partial charge in [0.1, 0.15) is 0 Å². The Morgan fingerprint density at radius 1 is 1.30 bits per heavy atom. The van der Waals surface area contributed by atoms with Gasteiger partial charge in [-0.2, -0.15) is 0 Å². The van der Waals surface area contributed by atoms with Crippen molar-refractivity contribution in [3.8, 4) is 0 Å². The average molecular weight is 276 g/mol. The molecule has 20 heavy (non-hydrogen) atoms. The summed E-state index contributed by atoms with van der Waals surface area (Å²) in [4.78, 5) is 19.0. The SMILES string of the molecule is CCOC(=O)c1c(CN2CCCCC2)cc(C)nc1C. The fraction of sp³-hybridized carbons (Fsp3) is 0.625. The van der Waals surface area contributed by atoms with Crippen LogP contribution in [0.5, 0.6) is 0 Å². The molecule has 4 heteroatoms. The molecule has 0 unspecified atom stereocenters. The molecular formula is C16H24N2O2. The Bertz CT molecular complexity index is 480. The van der Waals surface area contributed by atoms with Crippen molar-refractivity contribution >= 4 is 5.97 Å². The van der Waals surface area contributed by atoms with E-state index in [1.807, 2.05) is 26.8 Å². The van der Waals surface area contributed by atoms with Crippen LogP contribution in [0.2, 0.25) is 0 Å². The summed E-state index contributed by atoms with van der Waals surface area (Å²) < 4.78 is 5.18. The first-order valence-electron chi connectivity index (χ1n) is 7.48. The number of rotatable bonds is 4. The Labute approximate surface area is 121 Å². The van der Waals surface area contributed by atoms with Gasteiger partial charge in [-0.25, -0.2) is 4.79 Å². The third kappa shape index (κ3) is 3.57. The van der Waals surface area contributed by atoms with Crippen LogP contribution in [-0.2, 0) is 11.3 Å². The lowest BCUT2D eigenvalue weighted by molar-refractivity contribution is 0.0522. The third-order valence-electron chi connectivity index (χ3n) is 3.73. The second-order valence-corrected chi connectivity index (χ2v) is 5.44. The van der Waals surface area contributed by atoms with E-state index in [0.29, 0.717) is 12.2 Å². The monoisotopic (exact) mass is 276 g/mol. The van der Waals surface area contributed by atoms with E-state index in [0.717, 1.165) is 36.6 Å². The molecule has 0 bridgehead atoms. The largest absolute Gasteiger partial charge is 0.462 e. The molecule has 0 aliphatic carbocycles. The van der Waals surface area contributed by atoms with Gasteiger partial charge in [-0.05, 0) is 58.3 Å². The van der Waals surface area contributed by atoms with E-state index >= 15 is 0 Å². The number of piperidine rings is 1. The van der Waals surface area contributed by atoms with Crippen molar-refractivity contribution in [2.45, 2.75) is 46.6 Å². The first kappa shape index (κ1) is 15.0. The molecule has 4 nitrogen and oxygen atoms in total. The predicted molar refractivity (Wildman–Crippen MR) is 78.8 cm³/mol. The van der Waals surface area contributed by atoms with Crippen LogP contribution in [0.15, 0.2) is 6.07 Å². The summed E-state index contributed by atoms with van der Waals surface area (Å²) >= 11 is 0. The number of pyridine rings is 1. The standard InChI is InChI=1S/C16H24N2O2/c1-4-20-16(19)15-13(3)17-12(2)10-14(15)11-18-8-6-5-7-9-18/h10H,4-9,11H2,1-3H3. The molecule has 1 fully saturated rings. The maximum atomic E-state index is 12.2. The maximum Gasteiger partial charge on any atom is 0.340 e. The highest BCUT2D eigenvalue weighted by Crippen LogP contribution is 2.20. The number of nitrogens with zero attached hydrogens (tertiary/aromatic N) is 2. The van der Waals surface area contributed by atoms with Gasteiger partial charge in [-0.1, -0.05) is 6.42 Å². The van der Waals surface area contributed by atoms with E-state index in [4.69, 9.17) is 4.74 Å². The minimum atomic E-state index is -0.246. The molecule has 1 saturated heterocycles. The molecule has 0 aromatic carbocycles. The number of carbonyl (C=O) groups is 1. The molecule has 2 rings (SSSR count). The average Bonchev–Trinajstić information content (AvgIpc) is 2.39. The summed E-state index contributed by atoms with van der Waals surface area (Å²) in [5.74, 6) is -0.246. The van der Waals surface area contributed by atoms with Crippen molar-refractivity contribution < 1.29 is 9.53 Å². The zero-order valence-electron chi connectivity index (χ0n) is 12.7. The van der Waals surface area contributed by atoms with Crippen molar-refractivity contribution in [3.05, 3.63) is 28.6 Å². The van der Waals surface area contributed by atoms with Crippen LogP contribution in [0.3, 0.4) is 0 Å². The highest BCUT2D eigenvalue weighted by Gasteiger charge is 2.20. The minimum Gasteiger partial charge on any atom is -0.462 e. The number of hydrogen-bond donors (Lipinski definition) is 0. The summed E-state index contributed by atoms with van der Waals surface area (Å²) in [6.45, 7) is 9.14. The number of hydrogen-bond acceptors (Lipinski definition) is 4. The Kier molecular flexibility index (Phi) is 5.12. The second-order valence-electron chi connectivity index (χ2n) is 5.44. The summed E-state index contributed by atoms with van der Waals surface area (Å²) in [5.41, 5.74) is 3.44. The van der Waals surface area contributed by atoms with Crippen LogP contribution < -0.4 is 0 Å².